The molecule has 0 saturated carbocycles. The van der Waals surface area contributed by atoms with E-state index in [1.165, 1.54) is 4.90 Å². The number of benzene rings is 2. The Balaban J connectivity index is 0.00000138. The molecule has 13 nitrogen and oxygen atoms in total. The van der Waals surface area contributed by atoms with Crippen LogP contribution in [-0.2, 0) is 40.9 Å². The number of aliphatic imine (C=N–C) groups is 1. The van der Waals surface area contributed by atoms with Crippen LogP contribution >= 0.6 is 0 Å². The number of carboxylic acid groups (broad SMARTS) is 1. The molecule has 10 N–H and O–H groups in total. The molecule has 0 aliphatic carbocycles. The van der Waals surface area contributed by atoms with E-state index in [4.69, 9.17) is 32.8 Å². The predicted octanol–water partition coefficient (Wildman–Crippen LogP) is 0.916. The van der Waals surface area contributed by atoms with Gasteiger partial charge in [-0.25, -0.2) is 4.79 Å². The third-order valence-electron chi connectivity index (χ3n) is 6.12. The zero-order valence-corrected chi connectivity index (χ0v) is 23.2. The Hall–Kier alpha value is -5.07. The second kappa shape index (κ2) is 15.5. The van der Waals surface area contributed by atoms with E-state index >= 15 is 0 Å². The van der Waals surface area contributed by atoms with E-state index in [9.17, 15) is 14.4 Å². The standard InChI is InChI=1S/C26H34N8O3.C2H4O2/c1-33-16-19(20-5-2-3-6-21(20)33)13-23(35)34(22(24(27)36)7-4-12-31-25(28)29)15-18-10-8-17(9-11-18)14-32-26(30)37;1-2(3)4/h2-3,5-6,8-11,16,22H,4,7,12-15H2,1H3,(H2,27,36)(H4,28,29,31)(H3,30,32,37);1H3,(H,3,4)/t22-;/m1./s1. The van der Waals surface area contributed by atoms with Crippen LogP contribution in [-0.4, -0.2) is 56.9 Å². The first-order chi connectivity index (χ1) is 19.4. The van der Waals surface area contributed by atoms with Gasteiger partial charge in [-0.2, -0.15) is 0 Å². The molecule has 0 unspecified atom stereocenters. The van der Waals surface area contributed by atoms with Gasteiger partial charge in [0.05, 0.1) is 6.42 Å². The SMILES string of the molecule is CC(=O)O.Cn1cc(CC(=O)N(Cc2ccc(CNC(N)=O)cc2)[C@H](CCCN=C(N)N)C(N)=O)c2ccccc21. The first kappa shape index (κ1) is 32.1. The van der Waals surface area contributed by atoms with Crippen LogP contribution in [0.2, 0.25) is 0 Å². The summed E-state index contributed by atoms with van der Waals surface area (Å²) in [5.41, 5.74) is 25.3. The largest absolute Gasteiger partial charge is 0.481 e. The lowest BCUT2D eigenvalue weighted by atomic mass is 10.0. The Labute approximate surface area is 238 Å². The summed E-state index contributed by atoms with van der Waals surface area (Å²) in [6.07, 6.45) is 2.83. The van der Waals surface area contributed by atoms with Crippen LogP contribution in [0.15, 0.2) is 59.7 Å². The fourth-order valence-electron chi connectivity index (χ4n) is 4.30. The summed E-state index contributed by atoms with van der Waals surface area (Å²) in [5.74, 6) is -1.69. The van der Waals surface area contributed by atoms with Crippen LogP contribution in [0, 0.1) is 0 Å². The molecule has 0 bridgehead atoms. The normalized spacial score (nSPS) is 11.1. The van der Waals surface area contributed by atoms with Gasteiger partial charge >= 0.3 is 6.03 Å². The molecule has 2 aromatic carbocycles. The van der Waals surface area contributed by atoms with E-state index in [-0.39, 0.29) is 31.4 Å². The molecule has 0 aliphatic rings. The van der Waals surface area contributed by atoms with Crippen molar-refractivity contribution >= 4 is 40.7 Å². The second-order valence-corrected chi connectivity index (χ2v) is 9.40. The highest BCUT2D eigenvalue weighted by atomic mass is 16.4. The van der Waals surface area contributed by atoms with Gasteiger partial charge in [0.1, 0.15) is 6.04 Å². The second-order valence-electron chi connectivity index (χ2n) is 9.40. The van der Waals surface area contributed by atoms with Crippen molar-refractivity contribution in [1.29, 1.82) is 0 Å². The van der Waals surface area contributed by atoms with Gasteiger partial charge < -0.3 is 42.8 Å². The van der Waals surface area contributed by atoms with Gasteiger partial charge in [0.25, 0.3) is 5.97 Å². The van der Waals surface area contributed by atoms with Gasteiger partial charge in [0.2, 0.25) is 11.8 Å². The highest BCUT2D eigenvalue weighted by Crippen LogP contribution is 2.23. The average Bonchev–Trinajstić information content (AvgIpc) is 3.21. The van der Waals surface area contributed by atoms with Crippen molar-refractivity contribution in [2.45, 2.75) is 45.3 Å². The molecular formula is C28H38N8O5. The number of nitrogens with one attached hydrogen (secondary N) is 1. The number of aliphatic carboxylic acids is 1. The lowest BCUT2D eigenvalue weighted by Crippen LogP contribution is -2.48. The molecule has 41 heavy (non-hydrogen) atoms. The number of primary amides is 2. The highest BCUT2D eigenvalue weighted by molar-refractivity contribution is 5.92. The number of nitrogens with two attached hydrogens (primary N) is 4. The summed E-state index contributed by atoms with van der Waals surface area (Å²) in [4.78, 5) is 51.7. The minimum absolute atomic E-state index is 0.0366. The molecule has 220 valence electrons. The summed E-state index contributed by atoms with van der Waals surface area (Å²) in [5, 5.41) is 10.9. The molecule has 1 heterocycles. The molecular weight excluding hydrogens is 528 g/mol. The third-order valence-corrected chi connectivity index (χ3v) is 6.12. The molecule has 0 fully saturated rings. The van der Waals surface area contributed by atoms with E-state index in [0.29, 0.717) is 19.4 Å². The quantitative estimate of drug-likeness (QED) is 0.105. The third kappa shape index (κ3) is 10.5. The number of hydrogen-bond donors (Lipinski definition) is 6. The number of hydrogen-bond acceptors (Lipinski definition) is 5. The maximum atomic E-state index is 13.7. The Morgan fingerprint density at radius 1 is 1.00 bits per heavy atom. The van der Waals surface area contributed by atoms with E-state index < -0.39 is 23.9 Å². The molecule has 4 amide bonds. The molecule has 0 radical (unpaired) electrons. The first-order valence-electron chi connectivity index (χ1n) is 12.9. The number of fused-ring (bicyclic) bond motifs is 1. The minimum Gasteiger partial charge on any atom is -0.481 e. The number of carboxylic acids is 1. The number of amides is 4. The van der Waals surface area contributed by atoms with Crippen molar-refractivity contribution < 1.29 is 24.3 Å². The summed E-state index contributed by atoms with van der Waals surface area (Å²) < 4.78 is 1.97. The van der Waals surface area contributed by atoms with Gasteiger partial charge in [-0.05, 0) is 35.6 Å². The summed E-state index contributed by atoms with van der Waals surface area (Å²) >= 11 is 0. The van der Waals surface area contributed by atoms with E-state index in [1.54, 1.807) is 0 Å². The summed E-state index contributed by atoms with van der Waals surface area (Å²) in [7, 11) is 1.93. The smallest absolute Gasteiger partial charge is 0.312 e. The number of carbonyl (C=O) groups is 4. The number of nitrogens with zero attached hydrogens (tertiary/aromatic N) is 3. The minimum atomic E-state index is -0.840. The number of aromatic nitrogens is 1. The topological polar surface area (TPSA) is 225 Å². The molecule has 0 aliphatic heterocycles. The molecule has 1 aromatic heterocycles. The number of rotatable bonds is 12. The fraction of sp³-hybridized carbons (Fsp3) is 0.321. The van der Waals surface area contributed by atoms with Crippen LogP contribution in [0.25, 0.3) is 10.9 Å². The Kier molecular flexibility index (Phi) is 12.2. The summed E-state index contributed by atoms with van der Waals surface area (Å²) in [6, 6.07) is 13.7. The van der Waals surface area contributed by atoms with Crippen molar-refractivity contribution in [2.24, 2.45) is 35.0 Å². The van der Waals surface area contributed by atoms with Crippen LogP contribution in [0.1, 0.15) is 36.5 Å². The Morgan fingerprint density at radius 2 is 1.61 bits per heavy atom. The van der Waals surface area contributed by atoms with E-state index in [0.717, 1.165) is 34.5 Å². The summed E-state index contributed by atoms with van der Waals surface area (Å²) in [6.45, 7) is 1.87. The number of urea groups is 1. The van der Waals surface area contributed by atoms with Gasteiger partial charge in [-0.3, -0.25) is 19.4 Å². The van der Waals surface area contributed by atoms with Crippen LogP contribution in [0.3, 0.4) is 0 Å². The van der Waals surface area contributed by atoms with Gasteiger partial charge in [-0.15, -0.1) is 0 Å². The van der Waals surface area contributed by atoms with E-state index in [2.05, 4.69) is 10.3 Å². The van der Waals surface area contributed by atoms with Crippen molar-refractivity contribution in [2.75, 3.05) is 6.54 Å². The van der Waals surface area contributed by atoms with E-state index in [1.807, 2.05) is 66.3 Å². The lowest BCUT2D eigenvalue weighted by Gasteiger charge is -2.30. The maximum Gasteiger partial charge on any atom is 0.312 e. The number of carbonyl (C=O) groups excluding carboxylic acids is 3. The monoisotopic (exact) mass is 566 g/mol. The average molecular weight is 567 g/mol. The molecule has 0 saturated heterocycles. The molecule has 0 spiro atoms. The first-order valence-corrected chi connectivity index (χ1v) is 12.9. The van der Waals surface area contributed by atoms with Crippen LogP contribution < -0.4 is 28.3 Å². The highest BCUT2D eigenvalue weighted by Gasteiger charge is 2.28. The Morgan fingerprint density at radius 3 is 2.20 bits per heavy atom. The predicted molar refractivity (Wildman–Crippen MR) is 156 cm³/mol. The lowest BCUT2D eigenvalue weighted by molar-refractivity contribution is -0.139. The number of aryl methyl sites for hydroxylation is 1. The van der Waals surface area contributed by atoms with Gasteiger partial charge in [0, 0.05) is 50.7 Å². The fourth-order valence-corrected chi connectivity index (χ4v) is 4.30. The van der Waals surface area contributed by atoms with Gasteiger partial charge in [-0.1, -0.05) is 42.5 Å². The zero-order valence-electron chi connectivity index (χ0n) is 23.2. The number of para-hydroxylation sites is 1. The molecule has 1 atom stereocenters. The number of guanidine groups is 1. The molecule has 3 aromatic rings. The maximum absolute atomic E-state index is 13.7. The Bertz CT molecular complexity index is 1380. The van der Waals surface area contributed by atoms with Gasteiger partial charge in [0.15, 0.2) is 5.96 Å². The van der Waals surface area contributed by atoms with Crippen LogP contribution in [0.4, 0.5) is 4.79 Å². The van der Waals surface area contributed by atoms with Crippen molar-refractivity contribution in [1.82, 2.24) is 14.8 Å². The van der Waals surface area contributed by atoms with Crippen molar-refractivity contribution in [3.63, 3.8) is 0 Å². The van der Waals surface area contributed by atoms with Crippen molar-refractivity contribution in [3.05, 3.63) is 71.4 Å². The molecule has 3 rings (SSSR count). The van der Waals surface area contributed by atoms with Crippen LogP contribution in [0.5, 0.6) is 0 Å². The molecule has 13 heteroatoms. The van der Waals surface area contributed by atoms with Crippen molar-refractivity contribution in [3.8, 4) is 0 Å². The zero-order chi connectivity index (χ0) is 30.5.